The molecule has 0 aliphatic carbocycles. The van der Waals surface area contributed by atoms with Gasteiger partial charge in [0.2, 0.25) is 0 Å². The van der Waals surface area contributed by atoms with Crippen LogP contribution in [0.2, 0.25) is 0 Å². The molecule has 20 heavy (non-hydrogen) atoms. The number of hydrogen-bond acceptors (Lipinski definition) is 2. The highest BCUT2D eigenvalue weighted by Crippen LogP contribution is 2.27. The van der Waals surface area contributed by atoms with E-state index in [-0.39, 0.29) is 6.42 Å². The van der Waals surface area contributed by atoms with Crippen LogP contribution in [-0.4, -0.2) is 11.1 Å². The number of aryl methyl sites for hydroxylation is 1. The van der Waals surface area contributed by atoms with Crippen molar-refractivity contribution in [2.24, 2.45) is 0 Å². The normalized spacial score (nSPS) is 10.3. The first-order chi connectivity index (χ1) is 9.58. The summed E-state index contributed by atoms with van der Waals surface area (Å²) in [7, 11) is 0. The minimum absolute atomic E-state index is 0.0226. The van der Waals surface area contributed by atoms with E-state index in [0.717, 1.165) is 22.3 Å². The summed E-state index contributed by atoms with van der Waals surface area (Å²) in [6.07, 6.45) is -0.0226. The van der Waals surface area contributed by atoms with Crippen molar-refractivity contribution in [2.45, 2.75) is 26.9 Å². The standard InChI is InChI=1S/C17H18O3/c1-12-8-9-15(10-16(18)19)17(13(12)2)20-11-14-6-4-3-5-7-14/h3-9H,10-11H2,1-2H3,(H,18,19). The van der Waals surface area contributed by atoms with Gasteiger partial charge in [0, 0.05) is 5.56 Å². The van der Waals surface area contributed by atoms with Crippen LogP contribution >= 0.6 is 0 Å². The van der Waals surface area contributed by atoms with E-state index in [9.17, 15) is 4.79 Å². The Morgan fingerprint density at radius 1 is 1.10 bits per heavy atom. The Morgan fingerprint density at radius 3 is 2.45 bits per heavy atom. The van der Waals surface area contributed by atoms with Gasteiger partial charge >= 0.3 is 5.97 Å². The van der Waals surface area contributed by atoms with Crippen LogP contribution in [0.3, 0.4) is 0 Å². The van der Waals surface area contributed by atoms with Gasteiger partial charge in [-0.05, 0) is 30.5 Å². The maximum absolute atomic E-state index is 10.9. The summed E-state index contributed by atoms with van der Waals surface area (Å²) in [6.45, 7) is 4.40. The molecule has 2 aromatic carbocycles. The summed E-state index contributed by atoms with van der Waals surface area (Å²) in [5.74, 6) is -0.158. The molecule has 0 bridgehead atoms. The van der Waals surface area contributed by atoms with Gasteiger partial charge in [-0.15, -0.1) is 0 Å². The quantitative estimate of drug-likeness (QED) is 0.904. The molecular formula is C17H18O3. The first-order valence-corrected chi connectivity index (χ1v) is 6.55. The largest absolute Gasteiger partial charge is 0.488 e. The predicted molar refractivity (Wildman–Crippen MR) is 78.0 cm³/mol. The van der Waals surface area contributed by atoms with Crippen LogP contribution in [0.15, 0.2) is 42.5 Å². The Balaban J connectivity index is 2.24. The summed E-state index contributed by atoms with van der Waals surface area (Å²) < 4.78 is 5.87. The lowest BCUT2D eigenvalue weighted by molar-refractivity contribution is -0.136. The summed E-state index contributed by atoms with van der Waals surface area (Å²) in [6, 6.07) is 13.6. The number of hydrogen-bond donors (Lipinski definition) is 1. The van der Waals surface area contributed by atoms with E-state index < -0.39 is 5.97 Å². The zero-order valence-electron chi connectivity index (χ0n) is 11.7. The average molecular weight is 270 g/mol. The van der Waals surface area contributed by atoms with Crippen molar-refractivity contribution in [3.8, 4) is 5.75 Å². The molecule has 104 valence electrons. The molecule has 0 spiro atoms. The number of benzene rings is 2. The predicted octanol–water partition coefficient (Wildman–Crippen LogP) is 3.51. The van der Waals surface area contributed by atoms with Gasteiger partial charge in [0.15, 0.2) is 0 Å². The van der Waals surface area contributed by atoms with Gasteiger partial charge in [-0.1, -0.05) is 42.5 Å². The van der Waals surface area contributed by atoms with E-state index in [1.165, 1.54) is 0 Å². The van der Waals surface area contributed by atoms with Crippen molar-refractivity contribution < 1.29 is 14.6 Å². The zero-order valence-corrected chi connectivity index (χ0v) is 11.7. The molecule has 0 heterocycles. The Morgan fingerprint density at radius 2 is 1.80 bits per heavy atom. The third-order valence-corrected chi connectivity index (χ3v) is 3.33. The molecule has 2 aromatic rings. The second-order valence-electron chi connectivity index (χ2n) is 4.84. The van der Waals surface area contributed by atoms with Gasteiger partial charge in [0.1, 0.15) is 12.4 Å². The van der Waals surface area contributed by atoms with Gasteiger partial charge in [-0.2, -0.15) is 0 Å². The van der Waals surface area contributed by atoms with Gasteiger partial charge in [-0.25, -0.2) is 0 Å². The highest BCUT2D eigenvalue weighted by molar-refractivity contribution is 5.72. The molecule has 1 N–H and O–H groups in total. The molecule has 0 saturated heterocycles. The molecule has 0 aliphatic heterocycles. The fourth-order valence-electron chi connectivity index (χ4n) is 2.08. The first-order valence-electron chi connectivity index (χ1n) is 6.55. The number of ether oxygens (including phenoxy) is 1. The molecule has 0 unspecified atom stereocenters. The molecule has 0 radical (unpaired) electrons. The van der Waals surface area contributed by atoms with E-state index in [2.05, 4.69) is 0 Å². The van der Waals surface area contributed by atoms with Crippen molar-refractivity contribution in [1.29, 1.82) is 0 Å². The minimum Gasteiger partial charge on any atom is -0.488 e. The van der Waals surface area contributed by atoms with Crippen LogP contribution in [-0.2, 0) is 17.8 Å². The summed E-state index contributed by atoms with van der Waals surface area (Å²) >= 11 is 0. The van der Waals surface area contributed by atoms with E-state index in [1.54, 1.807) is 0 Å². The highest BCUT2D eigenvalue weighted by Gasteiger charge is 2.12. The minimum atomic E-state index is -0.849. The Bertz CT molecular complexity index is 603. The van der Waals surface area contributed by atoms with Gasteiger partial charge in [0.05, 0.1) is 6.42 Å². The van der Waals surface area contributed by atoms with Crippen molar-refractivity contribution in [3.63, 3.8) is 0 Å². The number of carbonyl (C=O) groups is 1. The van der Waals surface area contributed by atoms with Crippen LogP contribution in [0.4, 0.5) is 0 Å². The summed E-state index contributed by atoms with van der Waals surface area (Å²) in [4.78, 5) is 10.9. The third-order valence-electron chi connectivity index (χ3n) is 3.33. The smallest absolute Gasteiger partial charge is 0.307 e. The molecule has 3 nitrogen and oxygen atoms in total. The Kier molecular flexibility index (Phi) is 4.41. The summed E-state index contributed by atoms with van der Waals surface area (Å²) in [5, 5.41) is 8.98. The second kappa shape index (κ2) is 6.24. The molecular weight excluding hydrogens is 252 g/mol. The summed E-state index contributed by atoms with van der Waals surface area (Å²) in [5.41, 5.74) is 3.88. The zero-order chi connectivity index (χ0) is 14.5. The van der Waals surface area contributed by atoms with Crippen LogP contribution in [0.1, 0.15) is 22.3 Å². The lowest BCUT2D eigenvalue weighted by Crippen LogP contribution is -2.06. The Hall–Kier alpha value is -2.29. The van der Waals surface area contributed by atoms with E-state index in [1.807, 2.05) is 56.3 Å². The molecule has 0 saturated carbocycles. The monoisotopic (exact) mass is 270 g/mol. The van der Waals surface area contributed by atoms with Crippen LogP contribution in [0, 0.1) is 13.8 Å². The number of carboxylic acids is 1. The Labute approximate surface area is 118 Å². The topological polar surface area (TPSA) is 46.5 Å². The van der Waals surface area contributed by atoms with Crippen molar-refractivity contribution in [3.05, 3.63) is 64.7 Å². The first kappa shape index (κ1) is 14.1. The van der Waals surface area contributed by atoms with Crippen LogP contribution in [0.25, 0.3) is 0 Å². The van der Waals surface area contributed by atoms with E-state index >= 15 is 0 Å². The molecule has 3 heteroatoms. The van der Waals surface area contributed by atoms with E-state index in [0.29, 0.717) is 12.4 Å². The maximum Gasteiger partial charge on any atom is 0.307 e. The van der Waals surface area contributed by atoms with Gasteiger partial charge < -0.3 is 9.84 Å². The van der Waals surface area contributed by atoms with E-state index in [4.69, 9.17) is 9.84 Å². The lowest BCUT2D eigenvalue weighted by atomic mass is 10.0. The average Bonchev–Trinajstić information content (AvgIpc) is 2.43. The van der Waals surface area contributed by atoms with Gasteiger partial charge in [0.25, 0.3) is 0 Å². The van der Waals surface area contributed by atoms with Crippen molar-refractivity contribution in [1.82, 2.24) is 0 Å². The molecule has 2 rings (SSSR count). The fraction of sp³-hybridized carbons (Fsp3) is 0.235. The number of aliphatic carboxylic acids is 1. The molecule has 0 atom stereocenters. The van der Waals surface area contributed by atoms with Crippen molar-refractivity contribution in [2.75, 3.05) is 0 Å². The molecule has 0 amide bonds. The fourth-order valence-corrected chi connectivity index (χ4v) is 2.08. The van der Waals surface area contributed by atoms with Gasteiger partial charge in [-0.3, -0.25) is 4.79 Å². The highest BCUT2D eigenvalue weighted by atomic mass is 16.5. The van der Waals surface area contributed by atoms with Crippen molar-refractivity contribution >= 4 is 5.97 Å². The molecule has 0 aromatic heterocycles. The molecule has 0 fully saturated rings. The SMILES string of the molecule is Cc1ccc(CC(=O)O)c(OCc2ccccc2)c1C. The number of carboxylic acid groups (broad SMARTS) is 1. The van der Waals surface area contributed by atoms with Crippen LogP contribution < -0.4 is 4.74 Å². The maximum atomic E-state index is 10.9. The number of rotatable bonds is 5. The lowest BCUT2D eigenvalue weighted by Gasteiger charge is -2.15. The second-order valence-corrected chi connectivity index (χ2v) is 4.84. The van der Waals surface area contributed by atoms with Crippen LogP contribution in [0.5, 0.6) is 5.75 Å². The molecule has 0 aliphatic rings. The third kappa shape index (κ3) is 3.38.